The Morgan fingerprint density at radius 3 is 2.55 bits per heavy atom. The SMILES string of the molecule is CC(CO)NC(=O)c1ccc(-c2ccc(OC(F)F)cc2)s1. The van der Waals surface area contributed by atoms with E-state index in [-0.39, 0.29) is 24.3 Å². The van der Waals surface area contributed by atoms with Crippen molar-refractivity contribution in [1.82, 2.24) is 5.32 Å². The standard InChI is InChI=1S/C15H15F2NO3S/c1-9(8-19)18-14(20)13-7-6-12(22-13)10-2-4-11(5-3-10)21-15(16)17/h2-7,9,15,19H,8H2,1H3,(H,18,20). The number of amides is 1. The van der Waals surface area contributed by atoms with E-state index in [0.29, 0.717) is 4.88 Å². The fourth-order valence-electron chi connectivity index (χ4n) is 1.76. The van der Waals surface area contributed by atoms with Gasteiger partial charge in [0, 0.05) is 10.9 Å². The first-order valence-corrected chi connectivity index (χ1v) is 7.38. The molecule has 22 heavy (non-hydrogen) atoms. The van der Waals surface area contributed by atoms with E-state index in [1.807, 2.05) is 0 Å². The Morgan fingerprint density at radius 2 is 1.95 bits per heavy atom. The lowest BCUT2D eigenvalue weighted by molar-refractivity contribution is -0.0498. The number of carbonyl (C=O) groups is 1. The number of benzene rings is 1. The molecule has 2 aromatic rings. The Bertz CT molecular complexity index is 628. The summed E-state index contributed by atoms with van der Waals surface area (Å²) in [5, 5.41) is 11.6. The summed E-state index contributed by atoms with van der Waals surface area (Å²) in [5.74, 6) is -0.166. The van der Waals surface area contributed by atoms with E-state index < -0.39 is 6.61 Å². The van der Waals surface area contributed by atoms with Crippen molar-refractivity contribution in [3.63, 3.8) is 0 Å². The first kappa shape index (κ1) is 16.4. The molecule has 1 aromatic carbocycles. The first-order valence-electron chi connectivity index (χ1n) is 6.56. The summed E-state index contributed by atoms with van der Waals surface area (Å²) in [7, 11) is 0. The van der Waals surface area contributed by atoms with E-state index in [2.05, 4.69) is 10.1 Å². The normalized spacial score (nSPS) is 12.2. The van der Waals surface area contributed by atoms with Gasteiger partial charge in [0.15, 0.2) is 0 Å². The maximum Gasteiger partial charge on any atom is 0.387 e. The summed E-state index contributed by atoms with van der Waals surface area (Å²) in [4.78, 5) is 13.3. The zero-order chi connectivity index (χ0) is 16.1. The Hall–Kier alpha value is -1.99. The molecule has 0 aliphatic rings. The summed E-state index contributed by atoms with van der Waals surface area (Å²) in [6, 6.07) is 9.37. The molecule has 0 aliphatic heterocycles. The first-order chi connectivity index (χ1) is 10.5. The predicted octanol–water partition coefficient (Wildman–Crippen LogP) is 3.13. The molecule has 1 unspecified atom stereocenters. The molecule has 0 aliphatic carbocycles. The number of alkyl halides is 2. The molecule has 1 amide bonds. The lowest BCUT2D eigenvalue weighted by Gasteiger charge is -2.08. The highest BCUT2D eigenvalue weighted by atomic mass is 32.1. The highest BCUT2D eigenvalue weighted by Gasteiger charge is 2.12. The minimum absolute atomic E-state index is 0.0880. The van der Waals surface area contributed by atoms with Gasteiger partial charge in [0.05, 0.1) is 11.5 Å². The Kier molecular flexibility index (Phi) is 5.46. The molecule has 2 rings (SSSR count). The van der Waals surface area contributed by atoms with Crippen molar-refractivity contribution >= 4 is 17.2 Å². The quantitative estimate of drug-likeness (QED) is 0.857. The number of thiophene rings is 1. The summed E-state index contributed by atoms with van der Waals surface area (Å²) < 4.78 is 28.5. The molecule has 0 saturated carbocycles. The number of hydrogen-bond acceptors (Lipinski definition) is 4. The summed E-state index contributed by atoms with van der Waals surface area (Å²) in [6.45, 7) is -1.28. The topological polar surface area (TPSA) is 58.6 Å². The predicted molar refractivity (Wildman–Crippen MR) is 80.4 cm³/mol. The van der Waals surface area contributed by atoms with Gasteiger partial charge in [-0.2, -0.15) is 8.78 Å². The van der Waals surface area contributed by atoms with Crippen molar-refractivity contribution in [2.75, 3.05) is 6.61 Å². The van der Waals surface area contributed by atoms with Gasteiger partial charge in [-0.3, -0.25) is 4.79 Å². The molecule has 1 aromatic heterocycles. The van der Waals surface area contributed by atoms with E-state index in [1.165, 1.54) is 23.5 Å². The molecule has 2 N–H and O–H groups in total. The van der Waals surface area contributed by atoms with Gasteiger partial charge in [-0.1, -0.05) is 0 Å². The van der Waals surface area contributed by atoms with Crippen LogP contribution in [0.5, 0.6) is 5.75 Å². The number of aliphatic hydroxyl groups excluding tert-OH is 1. The van der Waals surface area contributed by atoms with Crippen molar-refractivity contribution in [2.45, 2.75) is 19.6 Å². The van der Waals surface area contributed by atoms with Crippen LogP contribution in [0.2, 0.25) is 0 Å². The number of carbonyl (C=O) groups excluding carboxylic acids is 1. The third kappa shape index (κ3) is 4.25. The van der Waals surface area contributed by atoms with Crippen molar-refractivity contribution in [3.8, 4) is 16.2 Å². The molecular weight excluding hydrogens is 312 g/mol. The smallest absolute Gasteiger partial charge is 0.387 e. The zero-order valence-electron chi connectivity index (χ0n) is 11.8. The van der Waals surface area contributed by atoms with E-state index in [9.17, 15) is 13.6 Å². The van der Waals surface area contributed by atoms with Crippen molar-refractivity contribution in [3.05, 3.63) is 41.3 Å². The Balaban J connectivity index is 2.09. The summed E-state index contributed by atoms with van der Waals surface area (Å²) in [6.07, 6.45) is 0. The molecule has 0 radical (unpaired) electrons. The van der Waals surface area contributed by atoms with Gasteiger partial charge in [-0.25, -0.2) is 0 Å². The molecule has 0 fully saturated rings. The maximum atomic E-state index is 12.1. The van der Waals surface area contributed by atoms with Crippen LogP contribution < -0.4 is 10.1 Å². The van der Waals surface area contributed by atoms with E-state index in [4.69, 9.17) is 5.11 Å². The lowest BCUT2D eigenvalue weighted by Crippen LogP contribution is -2.34. The molecule has 0 saturated heterocycles. The molecule has 1 atom stereocenters. The third-order valence-electron chi connectivity index (χ3n) is 2.85. The second-order valence-corrected chi connectivity index (χ2v) is 5.71. The van der Waals surface area contributed by atoms with Crippen LogP contribution in [0.1, 0.15) is 16.6 Å². The van der Waals surface area contributed by atoms with Crippen LogP contribution in [-0.2, 0) is 0 Å². The largest absolute Gasteiger partial charge is 0.435 e. The molecule has 0 bridgehead atoms. The number of halogens is 2. The van der Waals surface area contributed by atoms with E-state index in [1.54, 1.807) is 31.2 Å². The molecule has 118 valence electrons. The van der Waals surface area contributed by atoms with Crippen LogP contribution in [-0.4, -0.2) is 30.3 Å². The van der Waals surface area contributed by atoms with Gasteiger partial charge in [0.2, 0.25) is 0 Å². The van der Waals surface area contributed by atoms with Gasteiger partial charge < -0.3 is 15.2 Å². The molecule has 4 nitrogen and oxygen atoms in total. The lowest BCUT2D eigenvalue weighted by atomic mass is 10.2. The van der Waals surface area contributed by atoms with Gasteiger partial charge in [-0.05, 0) is 48.9 Å². The van der Waals surface area contributed by atoms with Crippen molar-refractivity contribution < 1.29 is 23.4 Å². The molecule has 1 heterocycles. The number of nitrogens with one attached hydrogen (secondary N) is 1. The average molecular weight is 327 g/mol. The highest BCUT2D eigenvalue weighted by Crippen LogP contribution is 2.29. The second-order valence-electron chi connectivity index (χ2n) is 4.62. The van der Waals surface area contributed by atoms with Gasteiger partial charge in [0.1, 0.15) is 5.75 Å². The monoisotopic (exact) mass is 327 g/mol. The maximum absolute atomic E-state index is 12.1. The fraction of sp³-hybridized carbons (Fsp3) is 0.267. The van der Waals surface area contributed by atoms with Crippen molar-refractivity contribution in [2.24, 2.45) is 0 Å². The fourth-order valence-corrected chi connectivity index (χ4v) is 2.67. The van der Waals surface area contributed by atoms with Crippen LogP contribution in [0.25, 0.3) is 10.4 Å². The average Bonchev–Trinajstić information content (AvgIpc) is 2.97. The minimum atomic E-state index is -2.85. The van der Waals surface area contributed by atoms with Gasteiger partial charge in [-0.15, -0.1) is 11.3 Å². The summed E-state index contributed by atoms with van der Waals surface area (Å²) >= 11 is 1.28. The van der Waals surface area contributed by atoms with E-state index >= 15 is 0 Å². The van der Waals surface area contributed by atoms with Gasteiger partial charge >= 0.3 is 6.61 Å². The van der Waals surface area contributed by atoms with E-state index in [0.717, 1.165) is 10.4 Å². The number of aliphatic hydroxyl groups is 1. The van der Waals surface area contributed by atoms with Crippen LogP contribution in [0, 0.1) is 0 Å². The number of rotatable bonds is 6. The van der Waals surface area contributed by atoms with Crippen LogP contribution >= 0.6 is 11.3 Å². The van der Waals surface area contributed by atoms with Crippen molar-refractivity contribution in [1.29, 1.82) is 0 Å². The summed E-state index contributed by atoms with van der Waals surface area (Å²) in [5.41, 5.74) is 0.806. The van der Waals surface area contributed by atoms with Gasteiger partial charge in [0.25, 0.3) is 5.91 Å². The Labute approximate surface area is 130 Å². The van der Waals surface area contributed by atoms with Crippen LogP contribution in [0.4, 0.5) is 8.78 Å². The van der Waals surface area contributed by atoms with Crippen LogP contribution in [0.3, 0.4) is 0 Å². The molecular formula is C15H15F2NO3S. The minimum Gasteiger partial charge on any atom is -0.435 e. The third-order valence-corrected chi connectivity index (χ3v) is 3.98. The Morgan fingerprint density at radius 1 is 1.27 bits per heavy atom. The van der Waals surface area contributed by atoms with Crippen LogP contribution in [0.15, 0.2) is 36.4 Å². The second kappa shape index (κ2) is 7.33. The zero-order valence-corrected chi connectivity index (χ0v) is 12.6. The molecule has 0 spiro atoms. The number of ether oxygens (including phenoxy) is 1. The highest BCUT2D eigenvalue weighted by molar-refractivity contribution is 7.17. The molecule has 7 heteroatoms. The number of hydrogen-bond donors (Lipinski definition) is 2.